The topological polar surface area (TPSA) is 98.1 Å². The second-order valence-corrected chi connectivity index (χ2v) is 10.8. The molecule has 0 spiro atoms. The molecule has 0 aromatic heterocycles. The average Bonchev–Trinajstić information content (AvgIpc) is 3.21. The summed E-state index contributed by atoms with van der Waals surface area (Å²) in [5, 5.41) is 28.6. The van der Waals surface area contributed by atoms with E-state index in [9.17, 15) is 15.3 Å². The molecular weight excluding hydrogens is 450 g/mol. The minimum atomic E-state index is -0.314. The molecule has 0 aromatic rings. The number of hydrogen-bond acceptors (Lipinski definition) is 9. The molecular formula is C26H55N3O6. The summed E-state index contributed by atoms with van der Waals surface area (Å²) in [5.74, 6) is 0. The molecule has 3 aliphatic heterocycles. The standard InChI is InChI=1S/2C9H19NO2.C8H17NO2/c1-7(2)10-5-4-9(12-3)8(11)6-10;1-7(2)10-5-4-8(11)9(6-10)12-3;1-6(2)9-4-7(10)8(5-9)11-3/h2*7-9,11H,4-6H2,1-3H3;6-8,10H,4-5H2,1-3H3. The SMILES string of the molecule is COC1CCN(C(C)C)CC1O.COC1CN(C(C)C)CC1O.COC1CN(C(C)C)CCC1O. The summed E-state index contributed by atoms with van der Waals surface area (Å²) < 4.78 is 15.5. The fourth-order valence-corrected chi connectivity index (χ4v) is 4.75. The van der Waals surface area contributed by atoms with Gasteiger partial charge in [-0.1, -0.05) is 0 Å². The summed E-state index contributed by atoms with van der Waals surface area (Å²) in [6.07, 6.45) is 0.934. The Morgan fingerprint density at radius 1 is 0.514 bits per heavy atom. The van der Waals surface area contributed by atoms with Gasteiger partial charge in [-0.2, -0.15) is 0 Å². The van der Waals surface area contributed by atoms with Gasteiger partial charge in [0, 0.05) is 78.7 Å². The zero-order valence-corrected chi connectivity index (χ0v) is 23.8. The highest BCUT2D eigenvalue weighted by Crippen LogP contribution is 2.17. The number of rotatable bonds is 6. The van der Waals surface area contributed by atoms with Crippen LogP contribution >= 0.6 is 0 Å². The third kappa shape index (κ3) is 10.9. The zero-order chi connectivity index (χ0) is 26.7. The maximum atomic E-state index is 9.62. The van der Waals surface area contributed by atoms with Gasteiger partial charge in [-0.25, -0.2) is 0 Å². The third-order valence-electron chi connectivity index (χ3n) is 7.47. The maximum Gasteiger partial charge on any atom is 0.0969 e. The largest absolute Gasteiger partial charge is 0.390 e. The molecule has 210 valence electrons. The molecule has 3 rings (SSSR count). The third-order valence-corrected chi connectivity index (χ3v) is 7.47. The summed E-state index contributed by atoms with van der Waals surface area (Å²) >= 11 is 0. The normalized spacial score (nSPS) is 33.0. The first-order chi connectivity index (χ1) is 16.4. The van der Waals surface area contributed by atoms with E-state index in [0.717, 1.165) is 52.1 Å². The molecule has 0 radical (unpaired) electrons. The molecule has 0 aromatic carbocycles. The Labute approximate surface area is 214 Å². The van der Waals surface area contributed by atoms with Crippen LogP contribution in [0.15, 0.2) is 0 Å². The van der Waals surface area contributed by atoms with E-state index in [2.05, 4.69) is 56.2 Å². The van der Waals surface area contributed by atoms with Crippen LogP contribution in [0.4, 0.5) is 0 Å². The minimum absolute atomic E-state index is 0.00106. The quantitative estimate of drug-likeness (QED) is 0.489. The van der Waals surface area contributed by atoms with Crippen LogP contribution in [0, 0.1) is 0 Å². The van der Waals surface area contributed by atoms with Crippen molar-refractivity contribution in [2.45, 2.75) is 109 Å². The van der Waals surface area contributed by atoms with Gasteiger partial charge in [-0.3, -0.25) is 14.7 Å². The molecule has 3 aliphatic rings. The first-order valence-electron chi connectivity index (χ1n) is 13.3. The summed E-state index contributed by atoms with van der Waals surface area (Å²) in [5.41, 5.74) is 0. The number of aliphatic hydroxyl groups is 3. The van der Waals surface area contributed by atoms with Gasteiger partial charge in [0.05, 0.1) is 36.6 Å². The van der Waals surface area contributed by atoms with E-state index in [-0.39, 0.29) is 36.6 Å². The van der Waals surface area contributed by atoms with Crippen LogP contribution in [-0.2, 0) is 14.2 Å². The van der Waals surface area contributed by atoms with Gasteiger partial charge in [-0.05, 0) is 54.4 Å². The van der Waals surface area contributed by atoms with Crippen LogP contribution in [0.25, 0.3) is 0 Å². The average molecular weight is 506 g/mol. The Balaban J connectivity index is 0.000000263. The lowest BCUT2D eigenvalue weighted by Gasteiger charge is -2.37. The molecule has 6 atom stereocenters. The molecule has 3 N–H and O–H groups in total. The monoisotopic (exact) mass is 505 g/mol. The molecule has 3 heterocycles. The van der Waals surface area contributed by atoms with Crippen LogP contribution in [-0.4, -0.2) is 145 Å². The van der Waals surface area contributed by atoms with Crippen molar-refractivity contribution in [3.63, 3.8) is 0 Å². The fourth-order valence-electron chi connectivity index (χ4n) is 4.75. The number of nitrogens with zero attached hydrogens (tertiary/aromatic N) is 3. The van der Waals surface area contributed by atoms with E-state index in [1.165, 1.54) is 0 Å². The molecule has 0 amide bonds. The molecule has 0 saturated carbocycles. The van der Waals surface area contributed by atoms with Crippen molar-refractivity contribution in [3.8, 4) is 0 Å². The predicted molar refractivity (Wildman–Crippen MR) is 140 cm³/mol. The number of methoxy groups -OCH3 is 3. The number of aliphatic hydroxyl groups excluding tert-OH is 3. The number of likely N-dealkylation sites (tertiary alicyclic amines) is 3. The van der Waals surface area contributed by atoms with E-state index in [4.69, 9.17) is 14.2 Å². The summed E-state index contributed by atoms with van der Waals surface area (Å²) in [6, 6.07) is 1.58. The molecule has 9 heteroatoms. The van der Waals surface area contributed by atoms with Crippen molar-refractivity contribution in [2.24, 2.45) is 0 Å². The number of β-amino-alcohol motifs (C(OH)–C–C–N with tert-alkyl or cyclic N) is 2. The molecule has 3 saturated heterocycles. The summed E-state index contributed by atoms with van der Waals surface area (Å²) in [6.45, 7) is 18.1. The smallest absolute Gasteiger partial charge is 0.0969 e. The Hall–Kier alpha value is -0.360. The van der Waals surface area contributed by atoms with Crippen LogP contribution in [0.1, 0.15) is 54.4 Å². The molecule has 3 fully saturated rings. The van der Waals surface area contributed by atoms with Crippen molar-refractivity contribution in [3.05, 3.63) is 0 Å². The van der Waals surface area contributed by atoms with Gasteiger partial charge in [-0.15, -0.1) is 0 Å². The van der Waals surface area contributed by atoms with Crippen LogP contribution in [0.2, 0.25) is 0 Å². The minimum Gasteiger partial charge on any atom is -0.390 e. The van der Waals surface area contributed by atoms with Gasteiger partial charge in [0.2, 0.25) is 0 Å². The van der Waals surface area contributed by atoms with Gasteiger partial charge in [0.1, 0.15) is 0 Å². The Morgan fingerprint density at radius 2 is 0.886 bits per heavy atom. The van der Waals surface area contributed by atoms with E-state index in [0.29, 0.717) is 18.1 Å². The molecule has 9 nitrogen and oxygen atoms in total. The van der Waals surface area contributed by atoms with Crippen molar-refractivity contribution in [1.29, 1.82) is 0 Å². The Bertz CT molecular complexity index is 553. The lowest BCUT2D eigenvalue weighted by atomic mass is 10.0. The van der Waals surface area contributed by atoms with Crippen molar-refractivity contribution < 1.29 is 29.5 Å². The maximum absolute atomic E-state index is 9.62. The van der Waals surface area contributed by atoms with Crippen molar-refractivity contribution in [1.82, 2.24) is 14.7 Å². The number of piperidine rings is 2. The van der Waals surface area contributed by atoms with Crippen LogP contribution < -0.4 is 0 Å². The van der Waals surface area contributed by atoms with E-state index in [1.54, 1.807) is 21.3 Å². The molecule has 6 unspecified atom stereocenters. The number of ether oxygens (including phenoxy) is 3. The van der Waals surface area contributed by atoms with E-state index in [1.807, 2.05) is 0 Å². The molecule has 0 bridgehead atoms. The lowest BCUT2D eigenvalue weighted by molar-refractivity contribution is -0.0668. The Morgan fingerprint density at radius 3 is 1.29 bits per heavy atom. The number of hydrogen-bond donors (Lipinski definition) is 3. The highest BCUT2D eigenvalue weighted by molar-refractivity contribution is 4.86. The second kappa shape index (κ2) is 16.5. The predicted octanol–water partition coefficient (Wildman–Crippen LogP) is 1.04. The van der Waals surface area contributed by atoms with Crippen molar-refractivity contribution >= 4 is 0 Å². The van der Waals surface area contributed by atoms with Crippen molar-refractivity contribution in [2.75, 3.05) is 60.6 Å². The van der Waals surface area contributed by atoms with Gasteiger partial charge >= 0.3 is 0 Å². The highest BCUT2D eigenvalue weighted by atomic mass is 16.5. The van der Waals surface area contributed by atoms with Crippen LogP contribution in [0.5, 0.6) is 0 Å². The van der Waals surface area contributed by atoms with Gasteiger partial charge < -0.3 is 29.5 Å². The first-order valence-corrected chi connectivity index (χ1v) is 13.3. The summed E-state index contributed by atoms with van der Waals surface area (Å²) in [7, 11) is 4.98. The first kappa shape index (κ1) is 32.7. The van der Waals surface area contributed by atoms with Crippen LogP contribution in [0.3, 0.4) is 0 Å². The fraction of sp³-hybridized carbons (Fsp3) is 1.00. The van der Waals surface area contributed by atoms with Gasteiger partial charge in [0.15, 0.2) is 0 Å². The van der Waals surface area contributed by atoms with E-state index < -0.39 is 0 Å². The highest BCUT2D eigenvalue weighted by Gasteiger charge is 2.32. The Kier molecular flexibility index (Phi) is 15.4. The van der Waals surface area contributed by atoms with E-state index >= 15 is 0 Å². The zero-order valence-electron chi connectivity index (χ0n) is 23.8. The van der Waals surface area contributed by atoms with Gasteiger partial charge in [0.25, 0.3) is 0 Å². The lowest BCUT2D eigenvalue weighted by Crippen LogP contribution is -2.49. The molecule has 0 aliphatic carbocycles. The second-order valence-electron chi connectivity index (χ2n) is 10.8. The summed E-state index contributed by atoms with van der Waals surface area (Å²) in [4.78, 5) is 6.83. The molecule has 35 heavy (non-hydrogen) atoms.